The molecule has 23 heavy (non-hydrogen) atoms. The molecule has 0 spiro atoms. The summed E-state index contributed by atoms with van der Waals surface area (Å²) >= 11 is 0. The van der Waals surface area contributed by atoms with E-state index in [1.807, 2.05) is 53.7 Å². The predicted octanol–water partition coefficient (Wildman–Crippen LogP) is 3.53. The molecule has 5 nitrogen and oxygen atoms in total. The van der Waals surface area contributed by atoms with Crippen LogP contribution in [0.15, 0.2) is 24.3 Å². The average Bonchev–Trinajstić information content (AvgIpc) is 2.41. The van der Waals surface area contributed by atoms with Crippen LogP contribution < -0.4 is 5.32 Å². The van der Waals surface area contributed by atoms with Crippen molar-refractivity contribution in [2.24, 2.45) is 5.41 Å². The van der Waals surface area contributed by atoms with Crippen LogP contribution in [-0.2, 0) is 0 Å². The second kappa shape index (κ2) is 7.49. The minimum atomic E-state index is -0.968. The molecule has 1 aromatic carbocycles. The van der Waals surface area contributed by atoms with Gasteiger partial charge < -0.3 is 15.3 Å². The van der Waals surface area contributed by atoms with Crippen molar-refractivity contribution < 1.29 is 14.7 Å². The van der Waals surface area contributed by atoms with Crippen LogP contribution in [0.4, 0.5) is 4.79 Å². The second-order valence-corrected chi connectivity index (χ2v) is 7.24. The highest BCUT2D eigenvalue weighted by Gasteiger charge is 2.35. The van der Waals surface area contributed by atoms with Crippen LogP contribution >= 0.6 is 0 Å². The van der Waals surface area contributed by atoms with Gasteiger partial charge in [0.1, 0.15) is 0 Å². The molecule has 0 bridgehead atoms. The van der Waals surface area contributed by atoms with E-state index in [0.717, 1.165) is 5.56 Å². The minimum absolute atomic E-state index is 0.159. The minimum Gasteiger partial charge on any atom is -0.465 e. The van der Waals surface area contributed by atoms with E-state index in [-0.39, 0.29) is 30.0 Å². The zero-order valence-electron chi connectivity index (χ0n) is 14.9. The van der Waals surface area contributed by atoms with Crippen LogP contribution in [0.2, 0.25) is 0 Å². The monoisotopic (exact) mass is 320 g/mol. The van der Waals surface area contributed by atoms with Crippen LogP contribution in [-0.4, -0.2) is 40.6 Å². The van der Waals surface area contributed by atoms with Gasteiger partial charge in [-0.15, -0.1) is 0 Å². The van der Waals surface area contributed by atoms with Crippen molar-refractivity contribution in [3.05, 3.63) is 35.4 Å². The number of nitrogens with one attached hydrogen (secondary N) is 1. The molecule has 2 amide bonds. The number of rotatable bonds is 5. The maximum Gasteiger partial charge on any atom is 0.407 e. The summed E-state index contributed by atoms with van der Waals surface area (Å²) in [6.07, 6.45) is -0.968. The first-order valence-electron chi connectivity index (χ1n) is 7.90. The molecule has 128 valence electrons. The normalized spacial score (nSPS) is 12.8. The Hall–Kier alpha value is -2.04. The molecule has 0 saturated heterocycles. The van der Waals surface area contributed by atoms with E-state index in [1.54, 1.807) is 12.1 Å². The number of nitrogens with zero attached hydrogens (tertiary/aromatic N) is 1. The van der Waals surface area contributed by atoms with Gasteiger partial charge in [0.2, 0.25) is 0 Å². The zero-order valence-corrected chi connectivity index (χ0v) is 14.9. The summed E-state index contributed by atoms with van der Waals surface area (Å²) in [5, 5.41) is 12.4. The van der Waals surface area contributed by atoms with Gasteiger partial charge in [0.15, 0.2) is 0 Å². The Labute approximate surface area is 138 Å². The Morgan fingerprint density at radius 1 is 1.17 bits per heavy atom. The number of carbonyl (C=O) groups is 2. The van der Waals surface area contributed by atoms with Gasteiger partial charge in [0.05, 0.1) is 6.04 Å². The molecule has 0 aromatic heterocycles. The second-order valence-electron chi connectivity index (χ2n) is 7.24. The topological polar surface area (TPSA) is 69.6 Å². The van der Waals surface area contributed by atoms with Gasteiger partial charge in [0.25, 0.3) is 5.91 Å². The first kappa shape index (κ1) is 19.0. The van der Waals surface area contributed by atoms with Gasteiger partial charge in [-0.25, -0.2) is 4.79 Å². The third kappa shape index (κ3) is 5.27. The third-order valence-corrected chi connectivity index (χ3v) is 3.88. The van der Waals surface area contributed by atoms with Crippen molar-refractivity contribution in [2.45, 2.75) is 53.6 Å². The lowest BCUT2D eigenvalue weighted by atomic mass is 9.85. The molecule has 0 aliphatic carbocycles. The molecule has 0 aliphatic heterocycles. The molecular weight excluding hydrogens is 292 g/mol. The lowest BCUT2D eigenvalue weighted by Crippen LogP contribution is -2.55. The van der Waals surface area contributed by atoms with Crippen LogP contribution in [0.3, 0.4) is 0 Å². The van der Waals surface area contributed by atoms with E-state index in [4.69, 9.17) is 0 Å². The Bertz CT molecular complexity index is 544. The van der Waals surface area contributed by atoms with Crippen LogP contribution in [0, 0.1) is 12.3 Å². The number of hydrogen-bond donors (Lipinski definition) is 2. The van der Waals surface area contributed by atoms with Crippen LogP contribution in [0.25, 0.3) is 0 Å². The average molecular weight is 320 g/mol. The van der Waals surface area contributed by atoms with Crippen molar-refractivity contribution >= 4 is 12.0 Å². The van der Waals surface area contributed by atoms with Crippen LogP contribution in [0.1, 0.15) is 50.5 Å². The highest BCUT2D eigenvalue weighted by Crippen LogP contribution is 2.26. The molecule has 0 radical (unpaired) electrons. The van der Waals surface area contributed by atoms with E-state index in [0.29, 0.717) is 5.56 Å². The lowest BCUT2D eigenvalue weighted by Gasteiger charge is -2.41. The molecular formula is C18H28N2O3. The summed E-state index contributed by atoms with van der Waals surface area (Å²) < 4.78 is 0. The highest BCUT2D eigenvalue weighted by atomic mass is 16.4. The smallest absolute Gasteiger partial charge is 0.407 e. The Morgan fingerprint density at radius 3 is 2.09 bits per heavy atom. The first-order valence-corrected chi connectivity index (χ1v) is 7.90. The van der Waals surface area contributed by atoms with Crippen molar-refractivity contribution in [3.8, 4) is 0 Å². The van der Waals surface area contributed by atoms with E-state index in [9.17, 15) is 14.7 Å². The van der Waals surface area contributed by atoms with E-state index >= 15 is 0 Å². The fourth-order valence-corrected chi connectivity index (χ4v) is 2.53. The molecule has 0 aliphatic rings. The predicted molar refractivity (Wildman–Crippen MR) is 91.8 cm³/mol. The fourth-order valence-electron chi connectivity index (χ4n) is 2.53. The summed E-state index contributed by atoms with van der Waals surface area (Å²) in [7, 11) is 0. The van der Waals surface area contributed by atoms with Gasteiger partial charge in [-0.1, -0.05) is 38.5 Å². The molecule has 1 aromatic rings. The number of carbonyl (C=O) groups excluding carboxylic acids is 1. The van der Waals surface area contributed by atoms with Crippen molar-refractivity contribution in [1.82, 2.24) is 10.2 Å². The fraction of sp³-hybridized carbons (Fsp3) is 0.556. The molecule has 0 heterocycles. The van der Waals surface area contributed by atoms with E-state index in [1.165, 1.54) is 4.90 Å². The number of aryl methyl sites for hydroxylation is 1. The van der Waals surface area contributed by atoms with Crippen molar-refractivity contribution in [2.75, 3.05) is 6.54 Å². The quantitative estimate of drug-likeness (QED) is 0.872. The lowest BCUT2D eigenvalue weighted by molar-refractivity contribution is 0.0603. The summed E-state index contributed by atoms with van der Waals surface area (Å²) in [5.41, 5.74) is 1.38. The van der Waals surface area contributed by atoms with Crippen molar-refractivity contribution in [3.63, 3.8) is 0 Å². The largest absolute Gasteiger partial charge is 0.465 e. The number of benzene rings is 1. The number of amides is 2. The molecule has 0 saturated carbocycles. The Balaban J connectivity index is 2.88. The summed E-state index contributed by atoms with van der Waals surface area (Å²) in [4.78, 5) is 25.3. The van der Waals surface area contributed by atoms with Gasteiger partial charge in [-0.3, -0.25) is 4.79 Å². The molecule has 2 N–H and O–H groups in total. The Morgan fingerprint density at radius 2 is 1.70 bits per heavy atom. The SMILES string of the molecule is Cc1ccc(C(=O)NC[C@@H](N(C(=O)O)C(C)C)C(C)(C)C)cc1. The van der Waals surface area contributed by atoms with E-state index < -0.39 is 6.09 Å². The standard InChI is InChI=1S/C18H28N2O3/c1-12(2)20(17(22)23)15(18(4,5)6)11-19-16(21)14-9-7-13(3)8-10-14/h7-10,12,15H,11H2,1-6H3,(H,19,21)(H,22,23)/t15-/m1/s1. The molecule has 5 heteroatoms. The maximum absolute atomic E-state index is 12.3. The maximum atomic E-state index is 12.3. The van der Waals surface area contributed by atoms with Gasteiger partial charge in [-0.2, -0.15) is 0 Å². The summed E-state index contributed by atoms with van der Waals surface area (Å²) in [6.45, 7) is 11.9. The molecule has 0 unspecified atom stereocenters. The zero-order chi connectivity index (χ0) is 17.8. The van der Waals surface area contributed by atoms with E-state index in [2.05, 4.69) is 5.32 Å². The van der Waals surface area contributed by atoms with Gasteiger partial charge >= 0.3 is 6.09 Å². The number of carboxylic acid groups (broad SMARTS) is 1. The molecule has 1 rings (SSSR count). The first-order chi connectivity index (χ1) is 10.5. The highest BCUT2D eigenvalue weighted by molar-refractivity contribution is 5.94. The third-order valence-electron chi connectivity index (χ3n) is 3.88. The summed E-state index contributed by atoms with van der Waals surface area (Å²) in [6, 6.07) is 6.84. The summed E-state index contributed by atoms with van der Waals surface area (Å²) in [5.74, 6) is -0.187. The Kier molecular flexibility index (Phi) is 6.19. The number of hydrogen-bond acceptors (Lipinski definition) is 2. The molecule has 1 atom stereocenters. The van der Waals surface area contributed by atoms with Gasteiger partial charge in [-0.05, 0) is 38.3 Å². The molecule has 0 fully saturated rings. The van der Waals surface area contributed by atoms with Gasteiger partial charge in [0, 0.05) is 18.2 Å². The van der Waals surface area contributed by atoms with Crippen molar-refractivity contribution in [1.29, 1.82) is 0 Å². The van der Waals surface area contributed by atoms with Crippen LogP contribution in [0.5, 0.6) is 0 Å².